The molecule has 0 heterocycles. The highest BCUT2D eigenvalue weighted by Gasteiger charge is 2.13. The molecule has 1 rings (SSSR count). The minimum atomic E-state index is -0.148. The van der Waals surface area contributed by atoms with Crippen molar-refractivity contribution in [2.75, 3.05) is 20.3 Å². The fourth-order valence-corrected chi connectivity index (χ4v) is 1.34. The van der Waals surface area contributed by atoms with Crippen molar-refractivity contribution in [3.8, 4) is 11.5 Å². The Morgan fingerprint density at radius 1 is 1.50 bits per heavy atom. The summed E-state index contributed by atoms with van der Waals surface area (Å²) in [6, 6.07) is 4.77. The molecule has 0 fully saturated rings. The van der Waals surface area contributed by atoms with Crippen molar-refractivity contribution in [1.29, 1.82) is 0 Å². The van der Waals surface area contributed by atoms with Crippen molar-refractivity contribution < 1.29 is 14.9 Å². The van der Waals surface area contributed by atoms with Gasteiger partial charge < -0.3 is 20.7 Å². The number of phenolic OH excluding ortho intramolecular Hbond substituents is 1. The summed E-state index contributed by atoms with van der Waals surface area (Å²) in [6.45, 7) is 0.315. The number of ether oxygens (including phenoxy) is 1. The van der Waals surface area contributed by atoms with Crippen LogP contribution in [0.15, 0.2) is 18.2 Å². The minimum absolute atomic E-state index is 0.0301. The van der Waals surface area contributed by atoms with Gasteiger partial charge in [0.15, 0.2) is 0 Å². The second-order valence-corrected chi connectivity index (χ2v) is 3.04. The maximum absolute atomic E-state index is 9.22. The van der Waals surface area contributed by atoms with Crippen LogP contribution in [0.3, 0.4) is 0 Å². The molecule has 0 aliphatic rings. The summed E-state index contributed by atoms with van der Waals surface area (Å²) in [5.74, 6) is 0.541. The smallest absolute Gasteiger partial charge is 0.126 e. The highest BCUT2D eigenvalue weighted by Crippen LogP contribution is 2.29. The van der Waals surface area contributed by atoms with Gasteiger partial charge in [-0.15, -0.1) is 0 Å². The van der Waals surface area contributed by atoms with Crippen LogP contribution in [-0.2, 0) is 0 Å². The largest absolute Gasteiger partial charge is 0.508 e. The first-order valence-corrected chi connectivity index (χ1v) is 4.40. The molecule has 1 atom stereocenters. The predicted molar refractivity (Wildman–Crippen MR) is 53.5 cm³/mol. The zero-order chi connectivity index (χ0) is 10.6. The SMILES string of the molecule is COc1cc(O)ccc1C(CN)CO. The number of aliphatic hydroxyl groups is 1. The van der Waals surface area contributed by atoms with Crippen LogP contribution in [0.25, 0.3) is 0 Å². The number of aliphatic hydroxyl groups excluding tert-OH is 1. The molecule has 0 spiro atoms. The zero-order valence-electron chi connectivity index (χ0n) is 8.10. The van der Waals surface area contributed by atoms with Crippen LogP contribution >= 0.6 is 0 Å². The normalized spacial score (nSPS) is 12.5. The van der Waals surface area contributed by atoms with Crippen LogP contribution in [0.5, 0.6) is 11.5 Å². The molecule has 0 amide bonds. The van der Waals surface area contributed by atoms with E-state index in [0.717, 1.165) is 5.56 Å². The van der Waals surface area contributed by atoms with Crippen molar-refractivity contribution in [3.63, 3.8) is 0 Å². The molecule has 4 nitrogen and oxygen atoms in total. The molecule has 0 radical (unpaired) electrons. The average molecular weight is 197 g/mol. The van der Waals surface area contributed by atoms with Crippen LogP contribution in [0.1, 0.15) is 11.5 Å². The van der Waals surface area contributed by atoms with E-state index in [1.165, 1.54) is 13.2 Å². The number of aromatic hydroxyl groups is 1. The predicted octanol–water partition coefficient (Wildman–Crippen LogP) is 0.435. The Balaban J connectivity index is 3.06. The lowest BCUT2D eigenvalue weighted by Crippen LogP contribution is -2.16. The summed E-state index contributed by atoms with van der Waals surface area (Å²) in [6.07, 6.45) is 0. The molecular weight excluding hydrogens is 182 g/mol. The lowest BCUT2D eigenvalue weighted by molar-refractivity contribution is 0.264. The molecule has 78 valence electrons. The van der Waals surface area contributed by atoms with E-state index in [1.807, 2.05) is 0 Å². The summed E-state index contributed by atoms with van der Waals surface area (Å²) in [7, 11) is 1.52. The Bertz CT molecular complexity index is 297. The Hall–Kier alpha value is -1.26. The molecule has 0 saturated heterocycles. The quantitative estimate of drug-likeness (QED) is 0.654. The van der Waals surface area contributed by atoms with Gasteiger partial charge in [0.25, 0.3) is 0 Å². The van der Waals surface area contributed by atoms with E-state index in [2.05, 4.69) is 0 Å². The van der Waals surface area contributed by atoms with Crippen LogP contribution in [-0.4, -0.2) is 30.5 Å². The Morgan fingerprint density at radius 2 is 2.21 bits per heavy atom. The van der Waals surface area contributed by atoms with E-state index >= 15 is 0 Å². The molecular formula is C10H15NO3. The number of rotatable bonds is 4. The summed E-state index contributed by atoms with van der Waals surface area (Å²) >= 11 is 0. The number of hydrogen-bond acceptors (Lipinski definition) is 4. The van der Waals surface area contributed by atoms with Crippen molar-refractivity contribution in [1.82, 2.24) is 0 Å². The first kappa shape index (κ1) is 10.8. The van der Waals surface area contributed by atoms with Gasteiger partial charge in [-0.2, -0.15) is 0 Å². The van der Waals surface area contributed by atoms with E-state index < -0.39 is 0 Å². The molecule has 4 N–H and O–H groups in total. The van der Waals surface area contributed by atoms with Crippen molar-refractivity contribution >= 4 is 0 Å². The summed E-state index contributed by atoms with van der Waals surface area (Å²) in [4.78, 5) is 0. The number of benzene rings is 1. The van der Waals surface area contributed by atoms with Gasteiger partial charge >= 0.3 is 0 Å². The fourth-order valence-electron chi connectivity index (χ4n) is 1.34. The van der Waals surface area contributed by atoms with Crippen LogP contribution in [0.2, 0.25) is 0 Å². The molecule has 14 heavy (non-hydrogen) atoms. The molecule has 0 bridgehead atoms. The van der Waals surface area contributed by atoms with Crippen molar-refractivity contribution in [2.45, 2.75) is 5.92 Å². The van der Waals surface area contributed by atoms with Crippen molar-refractivity contribution in [3.05, 3.63) is 23.8 Å². The Labute approximate surface area is 82.9 Å². The van der Waals surface area contributed by atoms with E-state index in [1.54, 1.807) is 12.1 Å². The third-order valence-electron chi connectivity index (χ3n) is 2.16. The van der Waals surface area contributed by atoms with Gasteiger partial charge in [-0.1, -0.05) is 6.07 Å². The third-order valence-corrected chi connectivity index (χ3v) is 2.16. The monoisotopic (exact) mass is 197 g/mol. The van der Waals surface area contributed by atoms with Crippen LogP contribution in [0.4, 0.5) is 0 Å². The van der Waals surface area contributed by atoms with E-state index in [9.17, 15) is 5.11 Å². The second kappa shape index (κ2) is 4.83. The molecule has 0 saturated carbocycles. The summed E-state index contributed by atoms with van der Waals surface area (Å²) in [5.41, 5.74) is 6.31. The van der Waals surface area contributed by atoms with E-state index in [-0.39, 0.29) is 18.3 Å². The topological polar surface area (TPSA) is 75.7 Å². The number of nitrogens with two attached hydrogens (primary N) is 1. The standard InChI is InChI=1S/C10H15NO3/c1-14-10-4-8(13)2-3-9(10)7(5-11)6-12/h2-4,7,12-13H,5-6,11H2,1H3. The van der Waals surface area contributed by atoms with Gasteiger partial charge in [-0.25, -0.2) is 0 Å². The molecule has 4 heteroatoms. The van der Waals surface area contributed by atoms with Gasteiger partial charge in [0, 0.05) is 24.1 Å². The molecule has 0 aromatic heterocycles. The maximum atomic E-state index is 9.22. The van der Waals surface area contributed by atoms with Gasteiger partial charge in [-0.05, 0) is 6.07 Å². The number of hydrogen-bond donors (Lipinski definition) is 3. The number of methoxy groups -OCH3 is 1. The number of phenols is 1. The lowest BCUT2D eigenvalue weighted by Gasteiger charge is -2.15. The second-order valence-electron chi connectivity index (χ2n) is 3.04. The molecule has 0 aliphatic heterocycles. The van der Waals surface area contributed by atoms with Gasteiger partial charge in [0.1, 0.15) is 11.5 Å². The van der Waals surface area contributed by atoms with Crippen LogP contribution in [0, 0.1) is 0 Å². The Morgan fingerprint density at radius 3 is 2.71 bits per heavy atom. The minimum Gasteiger partial charge on any atom is -0.508 e. The molecule has 1 aromatic rings. The van der Waals surface area contributed by atoms with Gasteiger partial charge in [0.05, 0.1) is 13.7 Å². The molecule has 0 aliphatic carbocycles. The third kappa shape index (κ3) is 2.16. The highest BCUT2D eigenvalue weighted by molar-refractivity contribution is 5.42. The van der Waals surface area contributed by atoms with Gasteiger partial charge in [-0.3, -0.25) is 0 Å². The Kier molecular flexibility index (Phi) is 3.73. The summed E-state index contributed by atoms with van der Waals surface area (Å²) in [5, 5.41) is 18.3. The molecule has 1 aromatic carbocycles. The maximum Gasteiger partial charge on any atom is 0.126 e. The first-order chi connectivity index (χ1) is 6.72. The first-order valence-electron chi connectivity index (χ1n) is 4.40. The van der Waals surface area contributed by atoms with Crippen molar-refractivity contribution in [2.24, 2.45) is 5.73 Å². The lowest BCUT2D eigenvalue weighted by atomic mass is 9.99. The summed E-state index contributed by atoms with van der Waals surface area (Å²) < 4.78 is 5.08. The van der Waals surface area contributed by atoms with Crippen LogP contribution < -0.4 is 10.5 Å². The van der Waals surface area contributed by atoms with Gasteiger partial charge in [0.2, 0.25) is 0 Å². The zero-order valence-corrected chi connectivity index (χ0v) is 8.10. The van der Waals surface area contributed by atoms with E-state index in [0.29, 0.717) is 12.3 Å². The van der Waals surface area contributed by atoms with E-state index in [4.69, 9.17) is 15.6 Å². The average Bonchev–Trinajstić information content (AvgIpc) is 2.21. The molecule has 1 unspecified atom stereocenters. The highest BCUT2D eigenvalue weighted by atomic mass is 16.5. The fraction of sp³-hybridized carbons (Fsp3) is 0.400.